The molecule has 4 nitrogen and oxygen atoms in total. The first-order chi connectivity index (χ1) is 29.1. The molecule has 6 aromatic rings. The van der Waals surface area contributed by atoms with Gasteiger partial charge >= 0.3 is 0 Å². The largest absolute Gasteiger partial charge is 0.375 e. The van der Waals surface area contributed by atoms with Gasteiger partial charge in [-0.1, -0.05) is 184 Å². The van der Waals surface area contributed by atoms with E-state index in [0.717, 1.165) is 78.2 Å². The van der Waals surface area contributed by atoms with Crippen LogP contribution in [0.4, 0.5) is 0 Å². The van der Waals surface area contributed by atoms with Gasteiger partial charge in [0.05, 0.1) is 25.4 Å². The molecule has 2 saturated heterocycles. The molecule has 2 aliphatic rings. The number of benzene rings is 6. The van der Waals surface area contributed by atoms with Gasteiger partial charge in [-0.25, -0.2) is 0 Å². The Balaban J connectivity index is 1.07. The van der Waals surface area contributed by atoms with E-state index in [0.29, 0.717) is 0 Å². The second-order valence-corrected chi connectivity index (χ2v) is 17.5. The fraction of sp³-hybridized carbons (Fsp3) is 0.333. The van der Waals surface area contributed by atoms with E-state index in [-0.39, 0.29) is 24.0 Å². The summed E-state index contributed by atoms with van der Waals surface area (Å²) in [6.07, 6.45) is 4.42. The zero-order chi connectivity index (χ0) is 40.2. The number of nitrogens with zero attached hydrogens (tertiary/aromatic N) is 2. The summed E-state index contributed by atoms with van der Waals surface area (Å²) in [6, 6.07) is 58.4. The van der Waals surface area contributed by atoms with Crippen LogP contribution in [-0.2, 0) is 35.4 Å². The van der Waals surface area contributed by atoms with E-state index in [1.165, 1.54) is 54.3 Å². The molecule has 8 rings (SSSR count). The average Bonchev–Trinajstić information content (AvgIpc) is 3.27. The van der Waals surface area contributed by atoms with Crippen molar-refractivity contribution in [2.75, 3.05) is 39.4 Å². The van der Waals surface area contributed by atoms with Crippen molar-refractivity contribution >= 4 is 11.8 Å². The molecule has 2 aliphatic heterocycles. The van der Waals surface area contributed by atoms with Crippen LogP contribution in [0.5, 0.6) is 0 Å². The van der Waals surface area contributed by atoms with Crippen LogP contribution in [0.3, 0.4) is 0 Å². The number of aryl methyl sites for hydroxylation is 2. The summed E-state index contributed by atoms with van der Waals surface area (Å²) in [5.41, 5.74) is 10.9. The van der Waals surface area contributed by atoms with E-state index < -0.39 is 0 Å². The number of hydrogen-bond acceptors (Lipinski definition) is 5. The van der Waals surface area contributed by atoms with E-state index in [1.807, 2.05) is 11.8 Å². The Kier molecular flexibility index (Phi) is 14.4. The molecule has 304 valence electrons. The Morgan fingerprint density at radius 3 is 1.27 bits per heavy atom. The molecular weight excluding hydrogens is 741 g/mol. The van der Waals surface area contributed by atoms with E-state index >= 15 is 0 Å². The van der Waals surface area contributed by atoms with Gasteiger partial charge in [-0.15, -0.1) is 0 Å². The zero-order valence-corrected chi connectivity index (χ0v) is 35.7. The smallest absolute Gasteiger partial charge is 0.0811 e. The maximum Gasteiger partial charge on any atom is 0.0811 e. The molecule has 0 N–H and O–H groups in total. The van der Waals surface area contributed by atoms with E-state index in [2.05, 4.69) is 181 Å². The normalized spacial score (nSPS) is 18.7. The van der Waals surface area contributed by atoms with Crippen LogP contribution in [-0.4, -0.2) is 61.4 Å². The Morgan fingerprint density at radius 2 is 0.881 bits per heavy atom. The maximum atomic E-state index is 6.67. The lowest BCUT2D eigenvalue weighted by molar-refractivity contribution is -0.0387. The molecule has 5 heteroatoms. The standard InChI is InChI=1S/C54H60N2O2S/c1-3-17-45-35-47(53(43-23-13-7-14-24-43)49-39-55(31-33-57-49)37-41-19-9-5-10-20-41)27-29-51(45)59-52-30-28-48(36-46(52)18-4-2)54(44-25-15-8-16-26-44)50-40-56(32-34-58-50)38-42-21-11-6-12-22-42/h5-16,19-30,35-36,49-50,53-54H,3-4,17-18,31-34,37-40H2,1-2H3/t49-,50-,53?,54?/m1/s1. The van der Waals surface area contributed by atoms with Gasteiger partial charge < -0.3 is 9.47 Å². The van der Waals surface area contributed by atoms with Gasteiger partial charge in [0.1, 0.15) is 0 Å². The summed E-state index contributed by atoms with van der Waals surface area (Å²) >= 11 is 1.95. The summed E-state index contributed by atoms with van der Waals surface area (Å²) in [5.74, 6) is 0.305. The summed E-state index contributed by atoms with van der Waals surface area (Å²) in [5, 5.41) is 0. The third kappa shape index (κ3) is 10.6. The highest BCUT2D eigenvalue weighted by Gasteiger charge is 2.33. The predicted molar refractivity (Wildman–Crippen MR) is 244 cm³/mol. The lowest BCUT2D eigenvalue weighted by Crippen LogP contribution is -2.44. The van der Waals surface area contributed by atoms with E-state index in [4.69, 9.17) is 9.47 Å². The second kappa shape index (κ2) is 20.7. The van der Waals surface area contributed by atoms with E-state index in [1.54, 1.807) is 0 Å². The summed E-state index contributed by atoms with van der Waals surface area (Å²) < 4.78 is 13.3. The Hall–Kier alpha value is -4.49. The van der Waals surface area contributed by atoms with Gasteiger partial charge in [-0.2, -0.15) is 0 Å². The van der Waals surface area contributed by atoms with Crippen molar-refractivity contribution in [1.29, 1.82) is 0 Å². The molecule has 0 bridgehead atoms. The molecule has 2 unspecified atom stereocenters. The quantitative estimate of drug-likeness (QED) is 0.0971. The molecule has 0 amide bonds. The van der Waals surface area contributed by atoms with Crippen molar-refractivity contribution in [3.8, 4) is 0 Å². The number of hydrogen-bond donors (Lipinski definition) is 0. The molecule has 59 heavy (non-hydrogen) atoms. The molecule has 0 radical (unpaired) electrons. The molecule has 0 aliphatic carbocycles. The zero-order valence-electron chi connectivity index (χ0n) is 34.9. The van der Waals surface area contributed by atoms with Crippen LogP contribution >= 0.6 is 11.8 Å². The fourth-order valence-corrected chi connectivity index (χ4v) is 10.3. The monoisotopic (exact) mass is 800 g/mol. The molecule has 4 atom stereocenters. The van der Waals surface area contributed by atoms with Crippen molar-refractivity contribution in [3.05, 3.63) is 202 Å². The Morgan fingerprint density at radius 1 is 0.492 bits per heavy atom. The fourth-order valence-electron chi connectivity index (χ4n) is 9.23. The molecule has 0 spiro atoms. The van der Waals surface area contributed by atoms with Gasteiger partial charge in [0, 0.05) is 60.9 Å². The van der Waals surface area contributed by atoms with Crippen LogP contribution in [0.15, 0.2) is 168 Å². The SMILES string of the molecule is CCCc1cc(C(c2ccccc2)[C@H]2CN(Cc3ccccc3)CCO2)ccc1Sc1ccc(C(c2ccccc2)[C@H]2CN(Cc3ccccc3)CCO2)cc1CCC. The van der Waals surface area contributed by atoms with Crippen LogP contribution < -0.4 is 0 Å². The summed E-state index contributed by atoms with van der Waals surface area (Å²) in [7, 11) is 0. The lowest BCUT2D eigenvalue weighted by Gasteiger charge is -2.38. The number of morpholine rings is 2. The first-order valence-electron chi connectivity index (χ1n) is 21.9. The first-order valence-corrected chi connectivity index (χ1v) is 22.8. The molecule has 2 heterocycles. The highest BCUT2D eigenvalue weighted by Crippen LogP contribution is 2.41. The van der Waals surface area contributed by atoms with Crippen molar-refractivity contribution in [1.82, 2.24) is 9.80 Å². The van der Waals surface area contributed by atoms with Crippen molar-refractivity contribution in [2.24, 2.45) is 0 Å². The van der Waals surface area contributed by atoms with Gasteiger partial charge in [-0.05, 0) is 69.5 Å². The highest BCUT2D eigenvalue weighted by atomic mass is 32.2. The third-order valence-electron chi connectivity index (χ3n) is 12.1. The highest BCUT2D eigenvalue weighted by molar-refractivity contribution is 7.99. The third-order valence-corrected chi connectivity index (χ3v) is 13.3. The minimum atomic E-state index is 0.0719. The second-order valence-electron chi connectivity index (χ2n) is 16.4. The lowest BCUT2D eigenvalue weighted by atomic mass is 9.84. The van der Waals surface area contributed by atoms with Crippen molar-refractivity contribution < 1.29 is 9.47 Å². The number of ether oxygens (including phenoxy) is 2. The molecule has 2 fully saturated rings. The van der Waals surface area contributed by atoms with Crippen LogP contribution in [0.1, 0.15) is 83.0 Å². The van der Waals surface area contributed by atoms with Crippen LogP contribution in [0.25, 0.3) is 0 Å². The Bertz CT molecular complexity index is 2020. The van der Waals surface area contributed by atoms with Crippen LogP contribution in [0, 0.1) is 0 Å². The minimum absolute atomic E-state index is 0.0719. The topological polar surface area (TPSA) is 24.9 Å². The van der Waals surface area contributed by atoms with Crippen LogP contribution in [0.2, 0.25) is 0 Å². The average molecular weight is 801 g/mol. The minimum Gasteiger partial charge on any atom is -0.375 e. The molecule has 0 aromatic heterocycles. The van der Waals surface area contributed by atoms with E-state index in [9.17, 15) is 0 Å². The van der Waals surface area contributed by atoms with Crippen molar-refractivity contribution in [3.63, 3.8) is 0 Å². The van der Waals surface area contributed by atoms with Crippen molar-refractivity contribution in [2.45, 2.75) is 86.5 Å². The van der Waals surface area contributed by atoms with Gasteiger partial charge in [0.25, 0.3) is 0 Å². The van der Waals surface area contributed by atoms with Gasteiger partial charge in [0.2, 0.25) is 0 Å². The van der Waals surface area contributed by atoms with Gasteiger partial charge in [-0.3, -0.25) is 9.80 Å². The maximum absolute atomic E-state index is 6.67. The first kappa shape index (κ1) is 41.3. The summed E-state index contributed by atoms with van der Waals surface area (Å²) in [6.45, 7) is 11.7. The molecule has 6 aromatic carbocycles. The molecule has 0 saturated carbocycles. The summed E-state index contributed by atoms with van der Waals surface area (Å²) in [4.78, 5) is 7.85. The van der Waals surface area contributed by atoms with Gasteiger partial charge in [0.15, 0.2) is 0 Å². The Labute approximate surface area is 357 Å². The number of rotatable bonds is 16. The predicted octanol–water partition coefficient (Wildman–Crippen LogP) is 11.8. The molecular formula is C54H60N2O2S.